The predicted octanol–water partition coefficient (Wildman–Crippen LogP) is 2.55. The molecule has 1 aromatic rings. The second kappa shape index (κ2) is 7.33. The molecule has 21 heavy (non-hydrogen) atoms. The maximum absolute atomic E-state index is 6.10. The van der Waals surface area contributed by atoms with Gasteiger partial charge >= 0.3 is 0 Å². The quantitative estimate of drug-likeness (QED) is 0.779. The first-order chi connectivity index (χ1) is 10.1. The fourth-order valence-electron chi connectivity index (χ4n) is 3.12. The smallest absolute Gasteiger partial charge is 0.243 e. The molecule has 0 radical (unpaired) electrons. The van der Waals surface area contributed by atoms with Gasteiger partial charge in [0, 0.05) is 20.8 Å². The topological polar surface area (TPSA) is 83.4 Å². The molecule has 2 rings (SSSR count). The van der Waals surface area contributed by atoms with Crippen molar-refractivity contribution in [3.63, 3.8) is 0 Å². The average molecular weight is 297 g/mol. The van der Waals surface area contributed by atoms with E-state index in [1.54, 1.807) is 14.2 Å². The van der Waals surface area contributed by atoms with Gasteiger partial charge in [0.2, 0.25) is 11.7 Å². The SMILES string of the molecule is COCCCC(N)c1nc(C2(OC)CCCC(C)C2)no1. The molecule has 0 spiro atoms. The lowest BCUT2D eigenvalue weighted by Crippen LogP contribution is -2.35. The summed E-state index contributed by atoms with van der Waals surface area (Å²) in [6.07, 6.45) is 5.87. The largest absolute Gasteiger partial charge is 0.385 e. The van der Waals surface area contributed by atoms with Crippen molar-refractivity contribution in [2.75, 3.05) is 20.8 Å². The Morgan fingerprint density at radius 3 is 2.95 bits per heavy atom. The van der Waals surface area contributed by atoms with Crippen molar-refractivity contribution >= 4 is 0 Å². The van der Waals surface area contributed by atoms with Gasteiger partial charge in [-0.15, -0.1) is 0 Å². The van der Waals surface area contributed by atoms with Crippen molar-refractivity contribution in [2.24, 2.45) is 11.7 Å². The van der Waals surface area contributed by atoms with E-state index >= 15 is 0 Å². The molecule has 1 heterocycles. The zero-order valence-corrected chi connectivity index (χ0v) is 13.3. The van der Waals surface area contributed by atoms with Crippen LogP contribution in [0, 0.1) is 5.92 Å². The first kappa shape index (κ1) is 16.4. The van der Waals surface area contributed by atoms with E-state index < -0.39 is 5.60 Å². The lowest BCUT2D eigenvalue weighted by molar-refractivity contribution is -0.0658. The molecule has 3 unspecified atom stereocenters. The van der Waals surface area contributed by atoms with Gasteiger partial charge in [-0.05, 0) is 38.0 Å². The van der Waals surface area contributed by atoms with Gasteiger partial charge in [0.25, 0.3) is 0 Å². The number of aromatic nitrogens is 2. The van der Waals surface area contributed by atoms with Crippen molar-refractivity contribution in [1.29, 1.82) is 0 Å². The summed E-state index contributed by atoms with van der Waals surface area (Å²) in [5.74, 6) is 1.75. The molecule has 0 saturated heterocycles. The molecule has 6 nitrogen and oxygen atoms in total. The Balaban J connectivity index is 2.06. The van der Waals surface area contributed by atoms with E-state index in [4.69, 9.17) is 19.7 Å². The van der Waals surface area contributed by atoms with E-state index in [1.165, 1.54) is 6.42 Å². The summed E-state index contributed by atoms with van der Waals surface area (Å²) in [5.41, 5.74) is 5.69. The molecule has 0 aromatic carbocycles. The van der Waals surface area contributed by atoms with Gasteiger partial charge in [-0.3, -0.25) is 0 Å². The van der Waals surface area contributed by atoms with Gasteiger partial charge in [-0.25, -0.2) is 0 Å². The molecule has 1 aliphatic carbocycles. The summed E-state index contributed by atoms with van der Waals surface area (Å²) in [5, 5.41) is 4.14. The molecule has 0 amide bonds. The fourth-order valence-corrected chi connectivity index (χ4v) is 3.12. The summed E-state index contributed by atoms with van der Waals surface area (Å²) in [6.45, 7) is 2.93. The van der Waals surface area contributed by atoms with Crippen LogP contribution in [0.3, 0.4) is 0 Å². The standard InChI is InChI=1S/C15H27N3O3/c1-11-6-4-8-15(10-11,20-3)14-17-13(21-18-14)12(16)7-5-9-19-2/h11-12H,4-10,16H2,1-3H3. The van der Waals surface area contributed by atoms with Crippen LogP contribution in [0.4, 0.5) is 0 Å². The van der Waals surface area contributed by atoms with Gasteiger partial charge in [0.1, 0.15) is 5.60 Å². The maximum atomic E-state index is 6.10. The Morgan fingerprint density at radius 1 is 1.48 bits per heavy atom. The first-order valence-electron chi connectivity index (χ1n) is 7.75. The molecule has 1 fully saturated rings. The van der Waals surface area contributed by atoms with Gasteiger partial charge in [0.05, 0.1) is 6.04 Å². The van der Waals surface area contributed by atoms with Crippen LogP contribution >= 0.6 is 0 Å². The molecule has 1 aromatic heterocycles. The van der Waals surface area contributed by atoms with E-state index in [9.17, 15) is 0 Å². The van der Waals surface area contributed by atoms with Crippen molar-refractivity contribution in [3.8, 4) is 0 Å². The number of rotatable bonds is 7. The Hall–Kier alpha value is -0.980. The Labute approximate surface area is 126 Å². The molecule has 2 N–H and O–H groups in total. The number of nitrogens with two attached hydrogens (primary N) is 1. The minimum Gasteiger partial charge on any atom is -0.385 e. The Kier molecular flexibility index (Phi) is 5.72. The van der Waals surface area contributed by atoms with Crippen LogP contribution in [0.25, 0.3) is 0 Å². The molecule has 1 saturated carbocycles. The summed E-state index contributed by atoms with van der Waals surface area (Å²) in [4.78, 5) is 4.52. The summed E-state index contributed by atoms with van der Waals surface area (Å²) in [7, 11) is 3.41. The number of nitrogens with zero attached hydrogens (tertiary/aromatic N) is 2. The Bertz CT molecular complexity index is 438. The summed E-state index contributed by atoms with van der Waals surface area (Å²) < 4.78 is 16.2. The van der Waals surface area contributed by atoms with Crippen LogP contribution in [0.15, 0.2) is 4.52 Å². The van der Waals surface area contributed by atoms with Gasteiger partial charge in [-0.2, -0.15) is 4.98 Å². The fraction of sp³-hybridized carbons (Fsp3) is 0.867. The van der Waals surface area contributed by atoms with E-state index in [2.05, 4.69) is 17.1 Å². The monoisotopic (exact) mass is 297 g/mol. The Morgan fingerprint density at radius 2 is 2.29 bits per heavy atom. The van der Waals surface area contributed by atoms with Gasteiger partial charge < -0.3 is 19.7 Å². The van der Waals surface area contributed by atoms with Crippen molar-refractivity contribution < 1.29 is 14.0 Å². The number of methoxy groups -OCH3 is 2. The number of hydrogen-bond donors (Lipinski definition) is 1. The maximum Gasteiger partial charge on any atom is 0.243 e. The third-order valence-corrected chi connectivity index (χ3v) is 4.38. The molecule has 1 aliphatic rings. The second-order valence-electron chi connectivity index (χ2n) is 6.10. The van der Waals surface area contributed by atoms with Crippen LogP contribution in [0.2, 0.25) is 0 Å². The highest BCUT2D eigenvalue weighted by Gasteiger charge is 2.41. The minimum absolute atomic E-state index is 0.240. The lowest BCUT2D eigenvalue weighted by atomic mass is 9.78. The summed E-state index contributed by atoms with van der Waals surface area (Å²) in [6, 6.07) is -0.240. The molecule has 0 aliphatic heterocycles. The van der Waals surface area contributed by atoms with E-state index in [0.29, 0.717) is 24.2 Å². The van der Waals surface area contributed by atoms with Crippen LogP contribution in [-0.2, 0) is 15.1 Å². The third kappa shape index (κ3) is 3.81. The highest BCUT2D eigenvalue weighted by Crippen LogP contribution is 2.41. The lowest BCUT2D eigenvalue weighted by Gasteiger charge is -2.36. The van der Waals surface area contributed by atoms with Crippen LogP contribution in [0.1, 0.15) is 63.2 Å². The summed E-state index contributed by atoms with van der Waals surface area (Å²) >= 11 is 0. The first-order valence-corrected chi connectivity index (χ1v) is 7.75. The van der Waals surface area contributed by atoms with Crippen molar-refractivity contribution in [3.05, 3.63) is 11.7 Å². The normalized spacial score (nSPS) is 27.7. The molecule has 6 heteroatoms. The van der Waals surface area contributed by atoms with Gasteiger partial charge in [0.15, 0.2) is 0 Å². The van der Waals surface area contributed by atoms with Crippen molar-refractivity contribution in [2.45, 2.75) is 57.1 Å². The second-order valence-corrected chi connectivity index (χ2v) is 6.10. The zero-order valence-electron chi connectivity index (χ0n) is 13.3. The highest BCUT2D eigenvalue weighted by atomic mass is 16.5. The van der Waals surface area contributed by atoms with Crippen LogP contribution in [-0.4, -0.2) is 31.0 Å². The number of hydrogen-bond acceptors (Lipinski definition) is 6. The molecular weight excluding hydrogens is 270 g/mol. The van der Waals surface area contributed by atoms with Gasteiger partial charge in [-0.1, -0.05) is 18.5 Å². The van der Waals surface area contributed by atoms with E-state index in [-0.39, 0.29) is 6.04 Å². The number of ether oxygens (including phenoxy) is 2. The van der Waals surface area contributed by atoms with E-state index in [1.807, 2.05) is 0 Å². The minimum atomic E-state index is -0.411. The predicted molar refractivity (Wildman–Crippen MR) is 78.7 cm³/mol. The molecule has 3 atom stereocenters. The average Bonchev–Trinajstić information content (AvgIpc) is 2.97. The van der Waals surface area contributed by atoms with Crippen LogP contribution < -0.4 is 5.73 Å². The zero-order chi connectivity index (χ0) is 15.3. The molecular formula is C15H27N3O3. The van der Waals surface area contributed by atoms with Crippen molar-refractivity contribution in [1.82, 2.24) is 10.1 Å². The highest BCUT2D eigenvalue weighted by molar-refractivity contribution is 5.05. The van der Waals surface area contributed by atoms with E-state index in [0.717, 1.165) is 32.1 Å². The molecule has 120 valence electrons. The molecule has 0 bridgehead atoms. The third-order valence-electron chi connectivity index (χ3n) is 4.38. The van der Waals surface area contributed by atoms with Crippen LogP contribution in [0.5, 0.6) is 0 Å².